The number of rotatable bonds is 3. The van der Waals surface area contributed by atoms with Crippen LogP contribution in [0, 0.1) is 0 Å². The van der Waals surface area contributed by atoms with Crippen molar-refractivity contribution in [3.05, 3.63) is 29.6 Å². The Labute approximate surface area is 113 Å². The molecule has 0 saturated carbocycles. The van der Waals surface area contributed by atoms with Crippen LogP contribution in [0.5, 0.6) is 0 Å². The van der Waals surface area contributed by atoms with Crippen LogP contribution >= 0.6 is 0 Å². The molecule has 2 atom stereocenters. The van der Waals surface area contributed by atoms with Gasteiger partial charge in [0.2, 0.25) is 0 Å². The molecule has 0 fully saturated rings. The monoisotopic (exact) mass is 294 g/mol. The van der Waals surface area contributed by atoms with Gasteiger partial charge in [0.1, 0.15) is 4.75 Å². The first-order valence-electron chi connectivity index (χ1n) is 5.73. The van der Waals surface area contributed by atoms with Gasteiger partial charge in [0.25, 0.3) is 0 Å². The summed E-state index contributed by atoms with van der Waals surface area (Å²) in [6.45, 7) is 7.13. The standard InChI is InChI=1S/C12H17F3N2OS/c1-8(17-19(18)11(2,3)4)10-6-5-9(7-16-10)12(13,14)15/h5-8,17H,1-4H3/t8-,19?/m0/s1. The molecule has 108 valence electrons. The average Bonchev–Trinajstić information content (AvgIpc) is 2.26. The normalized spacial score (nSPS) is 16.2. The van der Waals surface area contributed by atoms with Crippen molar-refractivity contribution in [2.45, 2.75) is 44.7 Å². The Balaban J connectivity index is 2.76. The highest BCUT2D eigenvalue weighted by Crippen LogP contribution is 2.29. The lowest BCUT2D eigenvalue weighted by Crippen LogP contribution is -2.40. The molecule has 1 N–H and O–H groups in total. The SMILES string of the molecule is C[C@H](N[S+]([O-])C(C)(C)C)c1ccc(C(F)(F)F)cn1. The molecule has 7 heteroatoms. The third-order valence-electron chi connectivity index (χ3n) is 2.40. The van der Waals surface area contributed by atoms with Crippen molar-refractivity contribution >= 4 is 11.4 Å². The second kappa shape index (κ2) is 5.68. The van der Waals surface area contributed by atoms with Crippen LogP contribution in [-0.2, 0) is 17.5 Å². The summed E-state index contributed by atoms with van der Waals surface area (Å²) in [4.78, 5) is 3.76. The van der Waals surface area contributed by atoms with E-state index in [4.69, 9.17) is 0 Å². The maximum absolute atomic E-state index is 12.4. The van der Waals surface area contributed by atoms with Crippen molar-refractivity contribution < 1.29 is 17.7 Å². The lowest BCUT2D eigenvalue weighted by molar-refractivity contribution is -0.137. The Hall–Kier alpha value is -0.790. The van der Waals surface area contributed by atoms with Gasteiger partial charge >= 0.3 is 6.18 Å². The number of pyridine rings is 1. The van der Waals surface area contributed by atoms with Crippen molar-refractivity contribution in [1.29, 1.82) is 0 Å². The number of halogens is 3. The van der Waals surface area contributed by atoms with E-state index in [1.807, 2.05) is 20.8 Å². The van der Waals surface area contributed by atoms with Gasteiger partial charge in [-0.3, -0.25) is 4.98 Å². The Morgan fingerprint density at radius 2 is 1.84 bits per heavy atom. The van der Waals surface area contributed by atoms with E-state index in [2.05, 4.69) is 9.71 Å². The molecule has 0 aliphatic carbocycles. The molecule has 0 aliphatic rings. The number of aromatic nitrogens is 1. The lowest BCUT2D eigenvalue weighted by atomic mass is 10.2. The van der Waals surface area contributed by atoms with E-state index in [-0.39, 0.29) is 6.04 Å². The summed E-state index contributed by atoms with van der Waals surface area (Å²) < 4.78 is 51.4. The largest absolute Gasteiger partial charge is 0.598 e. The molecule has 0 saturated heterocycles. The number of hydrogen-bond donors (Lipinski definition) is 1. The van der Waals surface area contributed by atoms with Gasteiger partial charge in [-0.1, -0.05) is 0 Å². The van der Waals surface area contributed by atoms with Crippen LogP contribution in [0.3, 0.4) is 0 Å². The molecule has 0 radical (unpaired) electrons. The molecule has 0 aromatic carbocycles. The van der Waals surface area contributed by atoms with Crippen LogP contribution < -0.4 is 4.72 Å². The van der Waals surface area contributed by atoms with Crippen LogP contribution in [0.1, 0.15) is 45.0 Å². The number of nitrogens with one attached hydrogen (secondary N) is 1. The van der Waals surface area contributed by atoms with Gasteiger partial charge in [-0.25, -0.2) is 0 Å². The van der Waals surface area contributed by atoms with Crippen molar-refractivity contribution in [1.82, 2.24) is 9.71 Å². The lowest BCUT2D eigenvalue weighted by Gasteiger charge is -2.26. The first kappa shape index (κ1) is 16.3. The van der Waals surface area contributed by atoms with E-state index < -0.39 is 27.8 Å². The highest BCUT2D eigenvalue weighted by molar-refractivity contribution is 7.90. The fraction of sp³-hybridized carbons (Fsp3) is 0.583. The van der Waals surface area contributed by atoms with E-state index in [0.29, 0.717) is 5.69 Å². The quantitative estimate of drug-likeness (QED) is 0.871. The summed E-state index contributed by atoms with van der Waals surface area (Å²) >= 11 is -1.30. The number of hydrogen-bond acceptors (Lipinski definition) is 3. The predicted octanol–water partition coefficient (Wildman–Crippen LogP) is 3.21. The van der Waals surface area contributed by atoms with Gasteiger partial charge in [0.15, 0.2) is 0 Å². The smallest absolute Gasteiger partial charge is 0.417 e. The fourth-order valence-electron chi connectivity index (χ4n) is 1.23. The molecule has 1 rings (SSSR count). The van der Waals surface area contributed by atoms with E-state index in [9.17, 15) is 17.7 Å². The fourth-order valence-corrected chi connectivity index (χ4v) is 2.02. The molecule has 3 nitrogen and oxygen atoms in total. The van der Waals surface area contributed by atoms with Crippen LogP contribution in [0.2, 0.25) is 0 Å². The number of alkyl halides is 3. The molecule has 1 aromatic rings. The molecule has 0 spiro atoms. The molecule has 1 unspecified atom stereocenters. The first-order chi connectivity index (χ1) is 8.51. The van der Waals surface area contributed by atoms with E-state index >= 15 is 0 Å². The summed E-state index contributed by atoms with van der Waals surface area (Å²) in [5.41, 5.74) is -0.369. The Morgan fingerprint density at radius 3 is 2.21 bits per heavy atom. The predicted molar refractivity (Wildman–Crippen MR) is 68.7 cm³/mol. The summed E-state index contributed by atoms with van der Waals surface area (Å²) in [6.07, 6.45) is -3.61. The second-order valence-electron chi connectivity index (χ2n) is 5.19. The van der Waals surface area contributed by atoms with Crippen LogP contribution in [0.15, 0.2) is 18.3 Å². The zero-order valence-corrected chi connectivity index (χ0v) is 12.0. The second-order valence-corrected chi connectivity index (χ2v) is 7.19. The maximum Gasteiger partial charge on any atom is 0.417 e. The summed E-state index contributed by atoms with van der Waals surface area (Å²) in [7, 11) is 0. The van der Waals surface area contributed by atoms with Gasteiger partial charge in [-0.15, -0.1) is 4.72 Å². The highest BCUT2D eigenvalue weighted by Gasteiger charge is 2.32. The van der Waals surface area contributed by atoms with Gasteiger partial charge in [-0.2, -0.15) is 13.2 Å². The molecule has 1 heterocycles. The van der Waals surface area contributed by atoms with E-state index in [0.717, 1.165) is 12.3 Å². The van der Waals surface area contributed by atoms with Crippen LogP contribution in [0.25, 0.3) is 0 Å². The van der Waals surface area contributed by atoms with Crippen LogP contribution in [-0.4, -0.2) is 14.3 Å². The third-order valence-corrected chi connectivity index (χ3v) is 4.08. The Bertz CT molecular complexity index is 414. The summed E-state index contributed by atoms with van der Waals surface area (Å²) in [5.74, 6) is 0. The molecule has 0 bridgehead atoms. The van der Waals surface area contributed by atoms with Crippen LogP contribution in [0.4, 0.5) is 13.2 Å². The zero-order valence-electron chi connectivity index (χ0n) is 11.2. The van der Waals surface area contributed by atoms with Gasteiger partial charge < -0.3 is 4.55 Å². The van der Waals surface area contributed by atoms with Crippen molar-refractivity contribution in [3.63, 3.8) is 0 Å². The minimum absolute atomic E-state index is 0.387. The number of nitrogens with zero attached hydrogens (tertiary/aromatic N) is 1. The minimum Gasteiger partial charge on any atom is -0.598 e. The Morgan fingerprint density at radius 1 is 1.26 bits per heavy atom. The van der Waals surface area contributed by atoms with Gasteiger partial charge in [0.05, 0.1) is 17.3 Å². The van der Waals surface area contributed by atoms with Crippen molar-refractivity contribution in [2.75, 3.05) is 0 Å². The van der Waals surface area contributed by atoms with Crippen molar-refractivity contribution in [3.8, 4) is 0 Å². The molecular weight excluding hydrogens is 277 g/mol. The molecular formula is C12H17F3N2OS. The maximum atomic E-state index is 12.4. The molecule has 19 heavy (non-hydrogen) atoms. The third kappa shape index (κ3) is 4.67. The highest BCUT2D eigenvalue weighted by atomic mass is 32.2. The summed E-state index contributed by atoms with van der Waals surface area (Å²) in [6, 6.07) is 1.88. The summed E-state index contributed by atoms with van der Waals surface area (Å²) in [5, 5.41) is 0. The van der Waals surface area contributed by atoms with Gasteiger partial charge in [0, 0.05) is 17.6 Å². The van der Waals surface area contributed by atoms with Gasteiger partial charge in [-0.05, 0) is 39.8 Å². The topological polar surface area (TPSA) is 48.0 Å². The first-order valence-corrected chi connectivity index (χ1v) is 6.88. The molecule has 0 amide bonds. The average molecular weight is 294 g/mol. The van der Waals surface area contributed by atoms with Crippen molar-refractivity contribution in [2.24, 2.45) is 0 Å². The molecule has 1 aromatic heterocycles. The minimum atomic E-state index is -4.39. The molecule has 0 aliphatic heterocycles. The van der Waals surface area contributed by atoms with E-state index in [1.165, 1.54) is 6.07 Å². The zero-order chi connectivity index (χ0) is 14.8. The Kier molecular flexibility index (Phi) is 4.86. The van der Waals surface area contributed by atoms with E-state index in [1.54, 1.807) is 6.92 Å².